The molecule has 3 aromatic carbocycles. The van der Waals surface area contributed by atoms with Crippen LogP contribution in [0.1, 0.15) is 28.2 Å². The SMILES string of the molecule is COc1cc2c(cc1OC)C(C(=O)NCCc1ccc(OC)c(OCc3ccccc3)c1)C2. The maximum atomic E-state index is 12.7. The highest BCUT2D eigenvalue weighted by Crippen LogP contribution is 2.42. The standard InChI is InChI=1S/C27H29NO5/c1-30-23-10-9-18(13-26(23)33-17-19-7-5-4-6-8-19)11-12-28-27(29)22-14-20-15-24(31-2)25(32-3)16-21(20)22/h4-10,13,15-16,22H,11-12,14,17H2,1-3H3,(H,28,29). The van der Waals surface area contributed by atoms with Crippen molar-refractivity contribution in [2.75, 3.05) is 27.9 Å². The molecule has 3 aromatic rings. The van der Waals surface area contributed by atoms with E-state index in [2.05, 4.69) is 5.32 Å². The van der Waals surface area contributed by atoms with Gasteiger partial charge in [-0.3, -0.25) is 4.79 Å². The van der Waals surface area contributed by atoms with E-state index < -0.39 is 0 Å². The van der Waals surface area contributed by atoms with Crippen molar-refractivity contribution in [1.29, 1.82) is 0 Å². The second-order valence-electron chi connectivity index (χ2n) is 7.96. The van der Waals surface area contributed by atoms with Crippen molar-refractivity contribution in [2.45, 2.75) is 25.4 Å². The Bertz CT molecular complexity index is 1110. The van der Waals surface area contributed by atoms with Crippen molar-refractivity contribution >= 4 is 5.91 Å². The Hall–Kier alpha value is -3.67. The number of carbonyl (C=O) groups is 1. The van der Waals surface area contributed by atoms with E-state index in [4.69, 9.17) is 18.9 Å². The molecule has 0 fully saturated rings. The van der Waals surface area contributed by atoms with Gasteiger partial charge in [-0.25, -0.2) is 0 Å². The fourth-order valence-corrected chi connectivity index (χ4v) is 4.05. The zero-order valence-electron chi connectivity index (χ0n) is 19.2. The smallest absolute Gasteiger partial charge is 0.227 e. The number of nitrogens with one attached hydrogen (secondary N) is 1. The molecule has 0 saturated heterocycles. The number of carbonyl (C=O) groups excluding carboxylic acids is 1. The first-order valence-electron chi connectivity index (χ1n) is 11.0. The van der Waals surface area contributed by atoms with Crippen LogP contribution in [0.15, 0.2) is 60.7 Å². The molecule has 0 spiro atoms. The van der Waals surface area contributed by atoms with Crippen molar-refractivity contribution < 1.29 is 23.7 Å². The minimum absolute atomic E-state index is 0.0313. The molecule has 1 amide bonds. The van der Waals surface area contributed by atoms with Crippen LogP contribution in [0.3, 0.4) is 0 Å². The lowest BCUT2D eigenvalue weighted by Gasteiger charge is -2.30. The molecule has 6 nitrogen and oxygen atoms in total. The zero-order chi connectivity index (χ0) is 23.2. The highest BCUT2D eigenvalue weighted by atomic mass is 16.5. The Balaban J connectivity index is 1.33. The van der Waals surface area contributed by atoms with Crippen molar-refractivity contribution in [1.82, 2.24) is 5.32 Å². The molecule has 0 heterocycles. The summed E-state index contributed by atoms with van der Waals surface area (Å²) in [5.74, 6) is 2.60. The molecule has 1 unspecified atom stereocenters. The lowest BCUT2D eigenvalue weighted by Crippen LogP contribution is -2.36. The molecule has 33 heavy (non-hydrogen) atoms. The van der Waals surface area contributed by atoms with Crippen LogP contribution in [0, 0.1) is 0 Å². The number of fused-ring (bicyclic) bond motifs is 1. The van der Waals surface area contributed by atoms with Crippen LogP contribution in [0.5, 0.6) is 23.0 Å². The van der Waals surface area contributed by atoms with E-state index in [1.54, 1.807) is 21.3 Å². The summed E-state index contributed by atoms with van der Waals surface area (Å²) < 4.78 is 22.1. The summed E-state index contributed by atoms with van der Waals surface area (Å²) in [5, 5.41) is 3.06. The first-order chi connectivity index (χ1) is 16.1. The molecule has 1 atom stereocenters. The molecule has 1 aliphatic rings. The molecular formula is C27H29NO5. The zero-order valence-corrected chi connectivity index (χ0v) is 19.2. The van der Waals surface area contributed by atoms with Crippen LogP contribution in [-0.4, -0.2) is 33.8 Å². The predicted octanol–water partition coefficient (Wildman–Crippen LogP) is 4.29. The van der Waals surface area contributed by atoms with Crippen molar-refractivity contribution in [3.05, 3.63) is 82.9 Å². The largest absolute Gasteiger partial charge is 0.493 e. The molecule has 172 valence electrons. The fraction of sp³-hybridized carbons (Fsp3) is 0.296. The minimum atomic E-state index is -0.152. The van der Waals surface area contributed by atoms with Crippen LogP contribution in [0.25, 0.3) is 0 Å². The van der Waals surface area contributed by atoms with Crippen LogP contribution in [-0.2, 0) is 24.2 Å². The second-order valence-corrected chi connectivity index (χ2v) is 7.96. The Labute approximate surface area is 194 Å². The first kappa shape index (κ1) is 22.5. The van der Waals surface area contributed by atoms with Crippen LogP contribution < -0.4 is 24.3 Å². The lowest BCUT2D eigenvalue weighted by molar-refractivity contribution is -0.123. The van der Waals surface area contributed by atoms with Gasteiger partial charge in [0.2, 0.25) is 5.91 Å². The number of benzene rings is 3. The Kier molecular flexibility index (Phi) is 7.03. The van der Waals surface area contributed by atoms with E-state index in [1.165, 1.54) is 0 Å². The van der Waals surface area contributed by atoms with Crippen LogP contribution in [0.4, 0.5) is 0 Å². The highest BCUT2D eigenvalue weighted by Gasteiger charge is 2.33. The molecular weight excluding hydrogens is 418 g/mol. The fourth-order valence-electron chi connectivity index (χ4n) is 4.05. The van der Waals surface area contributed by atoms with Gasteiger partial charge in [0, 0.05) is 6.54 Å². The van der Waals surface area contributed by atoms with Gasteiger partial charge in [0.25, 0.3) is 0 Å². The van der Waals surface area contributed by atoms with Crippen LogP contribution in [0.2, 0.25) is 0 Å². The van der Waals surface area contributed by atoms with Gasteiger partial charge < -0.3 is 24.3 Å². The molecule has 6 heteroatoms. The predicted molar refractivity (Wildman–Crippen MR) is 126 cm³/mol. The maximum Gasteiger partial charge on any atom is 0.227 e. The summed E-state index contributed by atoms with van der Waals surface area (Å²) in [4.78, 5) is 12.7. The number of hydrogen-bond acceptors (Lipinski definition) is 5. The average Bonchev–Trinajstić information content (AvgIpc) is 2.84. The molecule has 0 aliphatic heterocycles. The third-order valence-electron chi connectivity index (χ3n) is 5.94. The molecule has 4 rings (SSSR count). The molecule has 0 bridgehead atoms. The number of methoxy groups -OCH3 is 3. The molecule has 1 aliphatic carbocycles. The maximum absolute atomic E-state index is 12.7. The van der Waals surface area contributed by atoms with E-state index in [-0.39, 0.29) is 11.8 Å². The van der Waals surface area contributed by atoms with E-state index >= 15 is 0 Å². The molecule has 0 radical (unpaired) electrons. The van der Waals surface area contributed by atoms with Crippen molar-refractivity contribution in [2.24, 2.45) is 0 Å². The summed E-state index contributed by atoms with van der Waals surface area (Å²) in [6, 6.07) is 19.7. The van der Waals surface area contributed by atoms with Gasteiger partial charge in [0.05, 0.1) is 27.2 Å². The van der Waals surface area contributed by atoms with Gasteiger partial charge in [-0.1, -0.05) is 36.4 Å². The number of hydrogen-bond donors (Lipinski definition) is 1. The number of ether oxygens (including phenoxy) is 4. The molecule has 0 saturated carbocycles. The molecule has 1 N–H and O–H groups in total. The van der Waals surface area contributed by atoms with Crippen molar-refractivity contribution in [3.63, 3.8) is 0 Å². The summed E-state index contributed by atoms with van der Waals surface area (Å²) in [5.41, 5.74) is 4.29. The Morgan fingerprint density at radius 2 is 1.58 bits per heavy atom. The Morgan fingerprint density at radius 3 is 2.30 bits per heavy atom. The van der Waals surface area contributed by atoms with E-state index in [9.17, 15) is 4.79 Å². The Morgan fingerprint density at radius 1 is 0.848 bits per heavy atom. The number of amides is 1. The summed E-state index contributed by atoms with van der Waals surface area (Å²) in [6.45, 7) is 1.01. The molecule has 0 aromatic heterocycles. The summed E-state index contributed by atoms with van der Waals surface area (Å²) in [7, 11) is 4.85. The topological polar surface area (TPSA) is 66.0 Å². The third kappa shape index (κ3) is 5.06. The van der Waals surface area contributed by atoms with Gasteiger partial charge in [-0.05, 0) is 59.4 Å². The van der Waals surface area contributed by atoms with Gasteiger partial charge in [0.1, 0.15) is 6.61 Å². The number of rotatable bonds is 10. The first-order valence-corrected chi connectivity index (χ1v) is 11.0. The van der Waals surface area contributed by atoms with E-state index in [0.29, 0.717) is 49.0 Å². The quantitative estimate of drug-likeness (QED) is 0.502. The summed E-state index contributed by atoms with van der Waals surface area (Å²) >= 11 is 0. The average molecular weight is 448 g/mol. The van der Waals surface area contributed by atoms with E-state index in [1.807, 2.05) is 60.7 Å². The summed E-state index contributed by atoms with van der Waals surface area (Å²) in [6.07, 6.45) is 1.41. The van der Waals surface area contributed by atoms with Crippen molar-refractivity contribution in [3.8, 4) is 23.0 Å². The van der Waals surface area contributed by atoms with Gasteiger partial charge >= 0.3 is 0 Å². The normalized spacial score (nSPS) is 14.0. The minimum Gasteiger partial charge on any atom is -0.493 e. The highest BCUT2D eigenvalue weighted by molar-refractivity contribution is 5.87. The van der Waals surface area contributed by atoms with Crippen LogP contribution >= 0.6 is 0 Å². The van der Waals surface area contributed by atoms with Gasteiger partial charge in [0.15, 0.2) is 23.0 Å². The third-order valence-corrected chi connectivity index (χ3v) is 5.94. The van der Waals surface area contributed by atoms with E-state index in [0.717, 1.165) is 22.3 Å². The lowest BCUT2D eigenvalue weighted by atomic mass is 9.76. The second kappa shape index (κ2) is 10.3. The monoisotopic (exact) mass is 447 g/mol. The van der Waals surface area contributed by atoms with Gasteiger partial charge in [-0.2, -0.15) is 0 Å². The van der Waals surface area contributed by atoms with Gasteiger partial charge in [-0.15, -0.1) is 0 Å².